The second-order valence-electron chi connectivity index (χ2n) is 5.46. The zero-order valence-electron chi connectivity index (χ0n) is 13.1. The first-order valence-corrected chi connectivity index (χ1v) is 11.4. The van der Waals surface area contributed by atoms with Gasteiger partial charge in [0.15, 0.2) is 0 Å². The molecule has 1 fully saturated rings. The van der Waals surface area contributed by atoms with Crippen LogP contribution in [-0.2, 0) is 31.3 Å². The first-order valence-electron chi connectivity index (χ1n) is 7.44. The molecule has 2 heterocycles. The zero-order valence-corrected chi connectivity index (χ0v) is 15.6. The Balaban J connectivity index is 2.00. The topological polar surface area (TPSA) is 121 Å². The minimum atomic E-state index is -3.69. The van der Waals surface area contributed by atoms with Crippen LogP contribution in [-0.4, -0.2) is 57.6 Å². The standard InChI is InChI=1S/C13H20N2O6S3/c1-2-23(18,19)14-7-5-11-3-4-12(22-11)24(20,21)15-8-6-10(9-15)13(16)17/h3-4,10,14H,2,5-9H2,1H3,(H,16,17). The summed E-state index contributed by atoms with van der Waals surface area (Å²) in [7, 11) is -6.96. The second kappa shape index (κ2) is 7.48. The SMILES string of the molecule is CCS(=O)(=O)NCCc1ccc(S(=O)(=O)N2CCC(C(=O)O)C2)s1. The highest BCUT2D eigenvalue weighted by Gasteiger charge is 2.36. The molecule has 0 aliphatic carbocycles. The van der Waals surface area contributed by atoms with Crippen LogP contribution in [0.5, 0.6) is 0 Å². The molecule has 1 atom stereocenters. The van der Waals surface area contributed by atoms with E-state index in [9.17, 15) is 21.6 Å². The van der Waals surface area contributed by atoms with Crippen molar-refractivity contribution in [2.75, 3.05) is 25.4 Å². The van der Waals surface area contributed by atoms with Crippen molar-refractivity contribution < 1.29 is 26.7 Å². The molecule has 0 spiro atoms. The summed E-state index contributed by atoms with van der Waals surface area (Å²) in [6, 6.07) is 3.14. The van der Waals surface area contributed by atoms with E-state index in [0.29, 0.717) is 12.8 Å². The molecule has 2 N–H and O–H groups in total. The van der Waals surface area contributed by atoms with E-state index in [2.05, 4.69) is 4.72 Å². The van der Waals surface area contributed by atoms with E-state index >= 15 is 0 Å². The maximum atomic E-state index is 12.5. The van der Waals surface area contributed by atoms with Crippen molar-refractivity contribution in [1.82, 2.24) is 9.03 Å². The fraction of sp³-hybridized carbons (Fsp3) is 0.615. The average Bonchev–Trinajstić information content (AvgIpc) is 3.17. The molecule has 8 nitrogen and oxygen atoms in total. The number of carbonyl (C=O) groups is 1. The number of hydrogen-bond donors (Lipinski definition) is 2. The summed E-state index contributed by atoms with van der Waals surface area (Å²) in [4.78, 5) is 11.7. The molecule has 1 aromatic heterocycles. The molecule has 0 bridgehead atoms. The molecule has 24 heavy (non-hydrogen) atoms. The van der Waals surface area contributed by atoms with Crippen LogP contribution >= 0.6 is 11.3 Å². The van der Waals surface area contributed by atoms with Gasteiger partial charge in [-0.25, -0.2) is 21.6 Å². The van der Waals surface area contributed by atoms with Gasteiger partial charge in [-0.15, -0.1) is 11.3 Å². The minimum Gasteiger partial charge on any atom is -0.481 e. The van der Waals surface area contributed by atoms with Crippen LogP contribution in [0.3, 0.4) is 0 Å². The summed E-state index contributed by atoms with van der Waals surface area (Å²) in [6.45, 7) is 1.93. The number of aliphatic carboxylic acids is 1. The molecule has 1 aromatic rings. The van der Waals surface area contributed by atoms with Gasteiger partial charge >= 0.3 is 5.97 Å². The highest BCUT2D eigenvalue weighted by Crippen LogP contribution is 2.29. The fourth-order valence-electron chi connectivity index (χ4n) is 2.34. The van der Waals surface area contributed by atoms with Crippen molar-refractivity contribution in [1.29, 1.82) is 0 Å². The Morgan fingerprint density at radius 1 is 1.38 bits per heavy atom. The van der Waals surface area contributed by atoms with Gasteiger partial charge in [0.25, 0.3) is 10.0 Å². The lowest BCUT2D eigenvalue weighted by atomic mass is 10.1. The molecule has 1 aliphatic rings. The monoisotopic (exact) mass is 396 g/mol. The Morgan fingerprint density at radius 2 is 2.08 bits per heavy atom. The van der Waals surface area contributed by atoms with Gasteiger partial charge in [0.05, 0.1) is 11.7 Å². The lowest BCUT2D eigenvalue weighted by Crippen LogP contribution is -2.29. The summed E-state index contributed by atoms with van der Waals surface area (Å²) in [5, 5.41) is 8.98. The Kier molecular flexibility index (Phi) is 6.02. The lowest BCUT2D eigenvalue weighted by molar-refractivity contribution is -0.141. The van der Waals surface area contributed by atoms with Crippen molar-refractivity contribution >= 4 is 37.4 Å². The third-order valence-electron chi connectivity index (χ3n) is 3.80. The minimum absolute atomic E-state index is 0.00320. The first kappa shape index (κ1) is 19.3. The zero-order chi connectivity index (χ0) is 18.0. The van der Waals surface area contributed by atoms with E-state index in [4.69, 9.17) is 5.11 Å². The van der Waals surface area contributed by atoms with Crippen LogP contribution in [0.4, 0.5) is 0 Å². The molecule has 2 rings (SSSR count). The van der Waals surface area contributed by atoms with Gasteiger partial charge in [0.1, 0.15) is 4.21 Å². The molecule has 0 amide bonds. The van der Waals surface area contributed by atoms with E-state index < -0.39 is 31.9 Å². The molecule has 1 saturated heterocycles. The predicted molar refractivity (Wildman–Crippen MR) is 90.0 cm³/mol. The molecule has 0 saturated carbocycles. The van der Waals surface area contributed by atoms with Crippen LogP contribution in [0.25, 0.3) is 0 Å². The van der Waals surface area contributed by atoms with E-state index in [0.717, 1.165) is 16.2 Å². The van der Waals surface area contributed by atoms with Crippen molar-refractivity contribution in [3.63, 3.8) is 0 Å². The van der Waals surface area contributed by atoms with Gasteiger partial charge in [0.2, 0.25) is 10.0 Å². The smallest absolute Gasteiger partial charge is 0.307 e. The predicted octanol–water partition coefficient (Wildman–Crippen LogP) is 0.325. The summed E-state index contributed by atoms with van der Waals surface area (Å²) >= 11 is 1.08. The van der Waals surface area contributed by atoms with Crippen molar-refractivity contribution in [2.45, 2.75) is 24.0 Å². The maximum absolute atomic E-state index is 12.5. The van der Waals surface area contributed by atoms with Crippen LogP contribution in [0.15, 0.2) is 16.3 Å². The molecule has 11 heteroatoms. The van der Waals surface area contributed by atoms with Gasteiger partial charge in [-0.1, -0.05) is 0 Å². The molecule has 1 aliphatic heterocycles. The number of carboxylic acids is 1. The van der Waals surface area contributed by atoms with E-state index in [1.807, 2.05) is 0 Å². The highest BCUT2D eigenvalue weighted by molar-refractivity contribution is 7.91. The Morgan fingerprint density at radius 3 is 2.67 bits per heavy atom. The maximum Gasteiger partial charge on any atom is 0.307 e. The summed E-state index contributed by atoms with van der Waals surface area (Å²) in [6.07, 6.45) is 0.711. The summed E-state index contributed by atoms with van der Waals surface area (Å²) in [5.74, 6) is -1.65. The quantitative estimate of drug-likeness (QED) is 0.653. The van der Waals surface area contributed by atoms with Crippen molar-refractivity contribution in [3.8, 4) is 0 Å². The second-order valence-corrected chi connectivity index (χ2v) is 10.9. The van der Waals surface area contributed by atoms with Crippen LogP contribution in [0.2, 0.25) is 0 Å². The summed E-state index contributed by atoms with van der Waals surface area (Å²) in [5.41, 5.74) is 0. The molecule has 0 radical (unpaired) electrons. The molecular weight excluding hydrogens is 376 g/mol. The largest absolute Gasteiger partial charge is 0.481 e. The van der Waals surface area contributed by atoms with Gasteiger partial charge < -0.3 is 5.11 Å². The molecule has 0 aromatic carbocycles. The van der Waals surface area contributed by atoms with Crippen LogP contribution < -0.4 is 4.72 Å². The number of sulfonamides is 2. The van der Waals surface area contributed by atoms with Gasteiger partial charge in [-0.3, -0.25) is 4.79 Å². The molecular formula is C13H20N2O6S3. The van der Waals surface area contributed by atoms with Crippen LogP contribution in [0.1, 0.15) is 18.2 Å². The lowest BCUT2D eigenvalue weighted by Gasteiger charge is -2.14. The number of rotatable bonds is 8. The first-order chi connectivity index (χ1) is 11.2. The van der Waals surface area contributed by atoms with E-state index in [-0.39, 0.29) is 29.6 Å². The van der Waals surface area contributed by atoms with Crippen molar-refractivity contribution in [3.05, 3.63) is 17.0 Å². The average molecular weight is 397 g/mol. The normalized spacial score (nSPS) is 19.6. The van der Waals surface area contributed by atoms with E-state index in [1.54, 1.807) is 13.0 Å². The Bertz CT molecular complexity index is 799. The van der Waals surface area contributed by atoms with E-state index in [1.165, 1.54) is 10.4 Å². The third kappa shape index (κ3) is 4.54. The highest BCUT2D eigenvalue weighted by atomic mass is 32.2. The van der Waals surface area contributed by atoms with Gasteiger partial charge in [-0.2, -0.15) is 4.31 Å². The Labute approximate surface area is 145 Å². The van der Waals surface area contributed by atoms with Gasteiger partial charge in [-0.05, 0) is 31.9 Å². The number of nitrogens with zero attached hydrogens (tertiary/aromatic N) is 1. The number of hydrogen-bond acceptors (Lipinski definition) is 6. The number of nitrogens with one attached hydrogen (secondary N) is 1. The van der Waals surface area contributed by atoms with Gasteiger partial charge in [0, 0.05) is 24.5 Å². The number of thiophene rings is 1. The molecule has 136 valence electrons. The summed E-state index contributed by atoms with van der Waals surface area (Å²) < 4.78 is 51.5. The fourth-order valence-corrected chi connectivity index (χ4v) is 5.97. The number of carboxylic acid groups (broad SMARTS) is 1. The van der Waals surface area contributed by atoms with Crippen molar-refractivity contribution in [2.24, 2.45) is 5.92 Å². The Hall–Kier alpha value is -1.01. The van der Waals surface area contributed by atoms with Crippen LogP contribution in [0, 0.1) is 5.92 Å². The molecule has 1 unspecified atom stereocenters. The third-order valence-corrected chi connectivity index (χ3v) is 8.69.